The average Bonchev–Trinajstić information content (AvgIpc) is 2.89. The highest BCUT2D eigenvalue weighted by atomic mass is 79.9. The van der Waals surface area contributed by atoms with Gasteiger partial charge < -0.3 is 0 Å². The Labute approximate surface area is 127 Å². The molecule has 0 fully saturated rings. The first-order chi connectivity index (χ1) is 9.58. The van der Waals surface area contributed by atoms with E-state index in [9.17, 15) is 8.42 Å². The van der Waals surface area contributed by atoms with Crippen LogP contribution in [0.5, 0.6) is 0 Å². The molecule has 3 rings (SSSR count). The number of hydrogen-bond donors (Lipinski definition) is 1. The molecule has 0 amide bonds. The number of rotatable bonds is 3. The maximum Gasteiger partial charge on any atom is 0.264 e. The maximum atomic E-state index is 12.4. The summed E-state index contributed by atoms with van der Waals surface area (Å²) in [6, 6.07) is 8.12. The first-order valence-electron chi connectivity index (χ1n) is 5.42. The lowest BCUT2D eigenvalue weighted by Gasteiger charge is -2.10. The molecular weight excluding hydrogens is 364 g/mol. The Bertz CT molecular complexity index is 860. The van der Waals surface area contributed by atoms with E-state index in [1.165, 1.54) is 6.07 Å². The van der Waals surface area contributed by atoms with Crippen LogP contribution in [0.2, 0.25) is 0 Å². The number of fused-ring (bicyclic) bond motifs is 1. The summed E-state index contributed by atoms with van der Waals surface area (Å²) in [5.41, 5.74) is 1.29. The van der Waals surface area contributed by atoms with Crippen molar-refractivity contribution in [3.8, 4) is 0 Å². The Balaban J connectivity index is 2.05. The Morgan fingerprint density at radius 2 is 2.00 bits per heavy atom. The van der Waals surface area contributed by atoms with Crippen LogP contribution in [0.3, 0.4) is 0 Å². The highest BCUT2D eigenvalue weighted by Crippen LogP contribution is 2.38. The van der Waals surface area contributed by atoms with Crippen LogP contribution in [0.1, 0.15) is 0 Å². The lowest BCUT2D eigenvalue weighted by Crippen LogP contribution is -2.13. The van der Waals surface area contributed by atoms with Crippen LogP contribution in [0, 0.1) is 0 Å². The highest BCUT2D eigenvalue weighted by molar-refractivity contribution is 9.10. The molecule has 0 saturated heterocycles. The van der Waals surface area contributed by atoms with Crippen molar-refractivity contribution < 1.29 is 8.42 Å². The molecule has 0 bridgehead atoms. The van der Waals surface area contributed by atoms with E-state index in [0.717, 1.165) is 11.4 Å². The molecule has 0 radical (unpaired) electrons. The van der Waals surface area contributed by atoms with Crippen molar-refractivity contribution in [3.05, 3.63) is 41.1 Å². The van der Waals surface area contributed by atoms with Crippen molar-refractivity contribution in [2.75, 3.05) is 4.72 Å². The molecule has 1 aliphatic rings. The van der Waals surface area contributed by atoms with E-state index in [0.29, 0.717) is 21.7 Å². The van der Waals surface area contributed by atoms with Crippen molar-refractivity contribution in [2.45, 2.75) is 4.90 Å². The van der Waals surface area contributed by atoms with Gasteiger partial charge in [-0.1, -0.05) is 6.07 Å². The van der Waals surface area contributed by atoms with Crippen LogP contribution in [0.15, 0.2) is 54.8 Å². The van der Waals surface area contributed by atoms with Gasteiger partial charge in [0, 0.05) is 6.20 Å². The molecule has 0 atom stereocenters. The molecule has 2 aromatic rings. The molecule has 20 heavy (non-hydrogen) atoms. The van der Waals surface area contributed by atoms with Crippen LogP contribution < -0.4 is 4.72 Å². The summed E-state index contributed by atoms with van der Waals surface area (Å²) in [6.45, 7) is 0. The van der Waals surface area contributed by atoms with E-state index in [-0.39, 0.29) is 4.90 Å². The predicted molar refractivity (Wildman–Crippen MR) is 80.7 cm³/mol. The summed E-state index contributed by atoms with van der Waals surface area (Å²) in [5.74, 6) is 0. The molecule has 6 nitrogen and oxygen atoms in total. The smallest absolute Gasteiger partial charge is 0.264 e. The van der Waals surface area contributed by atoms with Crippen molar-refractivity contribution in [1.82, 2.24) is 4.98 Å². The number of anilines is 1. The second kappa shape index (κ2) is 5.08. The summed E-state index contributed by atoms with van der Waals surface area (Å²) in [4.78, 5) is 4.07. The first-order valence-corrected chi connectivity index (χ1v) is 8.43. The van der Waals surface area contributed by atoms with Gasteiger partial charge in [-0.15, -0.1) is 0 Å². The van der Waals surface area contributed by atoms with E-state index in [4.69, 9.17) is 0 Å². The normalized spacial score (nSPS) is 12.8. The van der Waals surface area contributed by atoms with Gasteiger partial charge in [-0.2, -0.15) is 8.73 Å². The molecule has 1 aromatic carbocycles. The van der Waals surface area contributed by atoms with Crippen LogP contribution >= 0.6 is 15.9 Å². The minimum absolute atomic E-state index is 0.0968. The number of nitrogens with one attached hydrogen (secondary N) is 1. The number of hydrogen-bond acceptors (Lipinski definition) is 5. The van der Waals surface area contributed by atoms with Gasteiger partial charge in [0.2, 0.25) is 0 Å². The number of sulfonamides is 1. The Kier molecular flexibility index (Phi) is 3.40. The number of halogens is 1. The van der Waals surface area contributed by atoms with E-state index in [1.54, 1.807) is 30.5 Å². The predicted octanol–water partition coefficient (Wildman–Crippen LogP) is 3.37. The Morgan fingerprint density at radius 1 is 1.15 bits per heavy atom. The second-order valence-electron chi connectivity index (χ2n) is 3.84. The lowest BCUT2D eigenvalue weighted by molar-refractivity contribution is 0.601. The molecule has 2 heterocycles. The van der Waals surface area contributed by atoms with E-state index in [2.05, 4.69) is 34.4 Å². The third-order valence-electron chi connectivity index (χ3n) is 2.54. The SMILES string of the molecule is O=S(=O)(Nc1cccnc1Br)c1cccc2c1N=S=N2. The van der Waals surface area contributed by atoms with Gasteiger partial charge in [0.15, 0.2) is 0 Å². The fourth-order valence-corrected chi connectivity index (χ4v) is 3.97. The monoisotopic (exact) mass is 370 g/mol. The second-order valence-corrected chi connectivity index (χ2v) is 6.77. The molecule has 0 unspecified atom stereocenters. The molecule has 1 N–H and O–H groups in total. The van der Waals surface area contributed by atoms with Gasteiger partial charge >= 0.3 is 0 Å². The van der Waals surface area contributed by atoms with Gasteiger partial charge in [-0.3, -0.25) is 4.72 Å². The van der Waals surface area contributed by atoms with Crippen LogP contribution in [-0.4, -0.2) is 13.4 Å². The summed E-state index contributed by atoms with van der Waals surface area (Å²) in [6.07, 6.45) is 1.56. The Hall–Kier alpha value is -1.58. The van der Waals surface area contributed by atoms with Gasteiger partial charge in [-0.05, 0) is 40.2 Å². The highest BCUT2D eigenvalue weighted by Gasteiger charge is 2.23. The zero-order valence-corrected chi connectivity index (χ0v) is 13.0. The zero-order chi connectivity index (χ0) is 14.2. The van der Waals surface area contributed by atoms with E-state index >= 15 is 0 Å². The van der Waals surface area contributed by atoms with Crippen LogP contribution in [0.4, 0.5) is 17.1 Å². The summed E-state index contributed by atoms with van der Waals surface area (Å²) < 4.78 is 35.9. The molecule has 9 heteroatoms. The third kappa shape index (κ3) is 2.39. The third-order valence-corrected chi connectivity index (χ3v) is 5.11. The van der Waals surface area contributed by atoms with Crippen LogP contribution in [0.25, 0.3) is 0 Å². The van der Waals surface area contributed by atoms with Gasteiger partial charge in [-0.25, -0.2) is 13.4 Å². The zero-order valence-electron chi connectivity index (χ0n) is 9.82. The van der Waals surface area contributed by atoms with Gasteiger partial charge in [0.1, 0.15) is 20.9 Å². The fraction of sp³-hybridized carbons (Fsp3) is 0. The quantitative estimate of drug-likeness (QED) is 0.717. The molecule has 0 saturated carbocycles. The van der Waals surface area contributed by atoms with Crippen LogP contribution in [-0.2, 0) is 21.4 Å². The minimum atomic E-state index is -3.75. The van der Waals surface area contributed by atoms with Crippen molar-refractivity contribution >= 4 is 54.4 Å². The summed E-state index contributed by atoms with van der Waals surface area (Å²) in [5, 5.41) is 0. The van der Waals surface area contributed by atoms with Crippen molar-refractivity contribution in [3.63, 3.8) is 0 Å². The van der Waals surface area contributed by atoms with Crippen molar-refractivity contribution in [1.29, 1.82) is 0 Å². The average molecular weight is 371 g/mol. The minimum Gasteiger partial charge on any atom is -0.277 e. The number of pyridine rings is 1. The fourth-order valence-electron chi connectivity index (χ4n) is 1.66. The van der Waals surface area contributed by atoms with Gasteiger partial charge in [0.05, 0.1) is 17.0 Å². The molecular formula is C11H7BrN4O2S2. The maximum absolute atomic E-state index is 12.4. The Morgan fingerprint density at radius 3 is 2.80 bits per heavy atom. The summed E-state index contributed by atoms with van der Waals surface area (Å²) >= 11 is 4.18. The number of nitrogens with zero attached hydrogens (tertiary/aromatic N) is 3. The van der Waals surface area contributed by atoms with Crippen molar-refractivity contribution in [2.24, 2.45) is 8.73 Å². The van der Waals surface area contributed by atoms with E-state index in [1.807, 2.05) is 0 Å². The van der Waals surface area contributed by atoms with E-state index < -0.39 is 10.0 Å². The largest absolute Gasteiger partial charge is 0.277 e. The molecule has 1 aliphatic heterocycles. The molecule has 0 spiro atoms. The standard InChI is InChI=1S/C11H7BrN4O2S2/c12-11-8(4-2-6-13-11)16-20(17,18)9-5-1-3-7-10(9)15-19-14-7/h1-6,16H. The molecule has 1 aromatic heterocycles. The molecule has 102 valence electrons. The topological polar surface area (TPSA) is 83.8 Å². The van der Waals surface area contributed by atoms with Gasteiger partial charge in [0.25, 0.3) is 10.0 Å². The number of benzene rings is 1. The lowest BCUT2D eigenvalue weighted by atomic mass is 10.3. The summed E-state index contributed by atoms with van der Waals surface area (Å²) in [7, 11) is -3.75. The first kappa shape index (κ1) is 13.4. The molecule has 0 aliphatic carbocycles. The number of aromatic nitrogens is 1.